The van der Waals surface area contributed by atoms with E-state index >= 15 is 0 Å². The minimum Gasteiger partial charge on any atom is -0.497 e. The third kappa shape index (κ3) is 3.22. The molecule has 28 heavy (non-hydrogen) atoms. The average Bonchev–Trinajstić information content (AvgIpc) is 3.12. The largest absolute Gasteiger partial charge is 0.497 e. The van der Waals surface area contributed by atoms with E-state index in [2.05, 4.69) is 52.4 Å². The lowest BCUT2D eigenvalue weighted by atomic mass is 10.1. The highest BCUT2D eigenvalue weighted by atomic mass is 16.5. The van der Waals surface area contributed by atoms with Crippen LogP contribution in [0.15, 0.2) is 48.9 Å². The molecule has 142 valence electrons. The second kappa shape index (κ2) is 7.19. The van der Waals surface area contributed by atoms with Crippen LogP contribution in [0.5, 0.6) is 11.5 Å². The van der Waals surface area contributed by atoms with Crippen LogP contribution in [0, 0.1) is 13.8 Å². The Kier molecular flexibility index (Phi) is 4.57. The van der Waals surface area contributed by atoms with E-state index in [-0.39, 0.29) is 0 Å². The van der Waals surface area contributed by atoms with Crippen molar-refractivity contribution in [2.45, 2.75) is 13.8 Å². The fourth-order valence-electron chi connectivity index (χ4n) is 3.23. The van der Waals surface area contributed by atoms with E-state index in [1.165, 1.54) is 17.5 Å². The van der Waals surface area contributed by atoms with Crippen LogP contribution in [0.25, 0.3) is 16.7 Å². The number of hydrogen-bond acceptors (Lipinski definition) is 6. The number of benzene rings is 2. The first-order valence-electron chi connectivity index (χ1n) is 8.85. The second-order valence-corrected chi connectivity index (χ2v) is 6.55. The van der Waals surface area contributed by atoms with Gasteiger partial charge in [0.15, 0.2) is 5.65 Å². The van der Waals surface area contributed by atoms with Crippen LogP contribution < -0.4 is 14.8 Å². The quantitative estimate of drug-likeness (QED) is 0.564. The first-order valence-corrected chi connectivity index (χ1v) is 8.85. The highest BCUT2D eigenvalue weighted by molar-refractivity contribution is 5.89. The number of hydrogen-bond donors (Lipinski definition) is 1. The number of methoxy groups -OCH3 is 2. The van der Waals surface area contributed by atoms with Crippen molar-refractivity contribution >= 4 is 22.5 Å². The second-order valence-electron chi connectivity index (χ2n) is 6.55. The van der Waals surface area contributed by atoms with Crippen LogP contribution in [-0.2, 0) is 0 Å². The summed E-state index contributed by atoms with van der Waals surface area (Å²) in [6, 6.07) is 11.9. The molecule has 4 rings (SSSR count). The molecular formula is C21H21N5O2. The Morgan fingerprint density at radius 3 is 2.43 bits per heavy atom. The molecule has 2 heterocycles. The molecule has 0 radical (unpaired) electrons. The van der Waals surface area contributed by atoms with Crippen molar-refractivity contribution in [2.24, 2.45) is 0 Å². The molecule has 0 spiro atoms. The molecule has 0 bridgehead atoms. The Hall–Kier alpha value is -3.61. The number of aryl methyl sites for hydroxylation is 2. The van der Waals surface area contributed by atoms with Gasteiger partial charge in [-0.1, -0.05) is 6.07 Å². The maximum atomic E-state index is 5.47. The van der Waals surface area contributed by atoms with Crippen molar-refractivity contribution < 1.29 is 9.47 Å². The lowest BCUT2D eigenvalue weighted by Crippen LogP contribution is -2.01. The number of anilines is 2. The van der Waals surface area contributed by atoms with Gasteiger partial charge in [-0.2, -0.15) is 5.10 Å². The molecule has 1 N–H and O–H groups in total. The van der Waals surface area contributed by atoms with E-state index in [9.17, 15) is 0 Å². The van der Waals surface area contributed by atoms with Gasteiger partial charge in [0.25, 0.3) is 0 Å². The first kappa shape index (κ1) is 17.8. The van der Waals surface area contributed by atoms with Gasteiger partial charge in [-0.3, -0.25) is 0 Å². The maximum absolute atomic E-state index is 5.47. The van der Waals surface area contributed by atoms with Crippen molar-refractivity contribution in [2.75, 3.05) is 19.5 Å². The summed E-state index contributed by atoms with van der Waals surface area (Å²) >= 11 is 0. The van der Waals surface area contributed by atoms with Gasteiger partial charge in [0, 0.05) is 6.07 Å². The summed E-state index contributed by atoms with van der Waals surface area (Å²) in [5.41, 5.74) is 4.83. The molecule has 7 heteroatoms. The molecule has 0 aliphatic carbocycles. The van der Waals surface area contributed by atoms with Crippen LogP contribution >= 0.6 is 0 Å². The Labute approximate surface area is 163 Å². The van der Waals surface area contributed by atoms with Gasteiger partial charge < -0.3 is 14.8 Å². The number of nitrogens with one attached hydrogen (secondary N) is 1. The topological polar surface area (TPSA) is 74.1 Å². The molecule has 0 atom stereocenters. The fourth-order valence-corrected chi connectivity index (χ4v) is 3.23. The zero-order valence-electron chi connectivity index (χ0n) is 16.2. The van der Waals surface area contributed by atoms with E-state index in [0.717, 1.165) is 28.2 Å². The fraction of sp³-hybridized carbons (Fsp3) is 0.190. The molecule has 2 aromatic heterocycles. The van der Waals surface area contributed by atoms with Crippen molar-refractivity contribution in [1.29, 1.82) is 0 Å². The van der Waals surface area contributed by atoms with Crippen molar-refractivity contribution in [3.05, 3.63) is 60.0 Å². The minimum absolute atomic E-state index is 0.657. The average molecular weight is 375 g/mol. The molecule has 2 aromatic carbocycles. The third-order valence-electron chi connectivity index (χ3n) is 4.48. The van der Waals surface area contributed by atoms with E-state index in [4.69, 9.17) is 9.47 Å². The lowest BCUT2D eigenvalue weighted by molar-refractivity contribution is 0.395. The van der Waals surface area contributed by atoms with E-state index < -0.39 is 0 Å². The van der Waals surface area contributed by atoms with Crippen LogP contribution in [0.1, 0.15) is 11.1 Å². The summed E-state index contributed by atoms with van der Waals surface area (Å²) in [6.45, 7) is 4.14. The van der Waals surface area contributed by atoms with Crippen LogP contribution in [0.3, 0.4) is 0 Å². The standard InChI is InChI=1S/C21H21N5O2/c1-13-7-14(2)9-15(8-13)26-21-17(11-24-26)20(22-12-23-21)25-18-6-5-16(27-3)10-19(18)28-4/h5-12H,1-4H3,(H,22,23,25). The molecule has 0 unspecified atom stereocenters. The van der Waals surface area contributed by atoms with E-state index in [0.29, 0.717) is 11.6 Å². The molecular weight excluding hydrogens is 354 g/mol. The highest BCUT2D eigenvalue weighted by Gasteiger charge is 2.14. The third-order valence-corrected chi connectivity index (χ3v) is 4.48. The lowest BCUT2D eigenvalue weighted by Gasteiger charge is -2.12. The predicted molar refractivity (Wildman–Crippen MR) is 109 cm³/mol. The minimum atomic E-state index is 0.657. The number of aromatic nitrogens is 4. The predicted octanol–water partition coefficient (Wildman–Crippen LogP) is 4.19. The number of rotatable bonds is 5. The first-order chi connectivity index (χ1) is 13.6. The van der Waals surface area contributed by atoms with Gasteiger partial charge in [0.2, 0.25) is 0 Å². The number of nitrogens with zero attached hydrogens (tertiary/aromatic N) is 4. The number of ether oxygens (including phenoxy) is 2. The Morgan fingerprint density at radius 1 is 0.929 bits per heavy atom. The molecule has 0 saturated heterocycles. The Balaban J connectivity index is 1.77. The molecule has 0 saturated carbocycles. The van der Waals surface area contributed by atoms with Crippen LogP contribution in [0.2, 0.25) is 0 Å². The van der Waals surface area contributed by atoms with Gasteiger partial charge in [-0.15, -0.1) is 0 Å². The monoisotopic (exact) mass is 375 g/mol. The van der Waals surface area contributed by atoms with Gasteiger partial charge in [0.05, 0.1) is 37.2 Å². The maximum Gasteiger partial charge on any atom is 0.168 e. The highest BCUT2D eigenvalue weighted by Crippen LogP contribution is 2.33. The Morgan fingerprint density at radius 2 is 1.71 bits per heavy atom. The summed E-state index contributed by atoms with van der Waals surface area (Å²) < 4.78 is 12.6. The van der Waals surface area contributed by atoms with Crippen molar-refractivity contribution in [1.82, 2.24) is 19.7 Å². The van der Waals surface area contributed by atoms with Crippen LogP contribution in [-0.4, -0.2) is 34.0 Å². The normalized spacial score (nSPS) is 10.9. The van der Waals surface area contributed by atoms with Gasteiger partial charge in [-0.05, 0) is 49.2 Å². The van der Waals surface area contributed by atoms with Gasteiger partial charge >= 0.3 is 0 Å². The van der Waals surface area contributed by atoms with E-state index in [1.54, 1.807) is 20.4 Å². The SMILES string of the molecule is COc1ccc(Nc2ncnc3c2cnn3-c2cc(C)cc(C)c2)c(OC)c1. The van der Waals surface area contributed by atoms with Gasteiger partial charge in [0.1, 0.15) is 23.6 Å². The molecule has 0 fully saturated rings. The van der Waals surface area contributed by atoms with E-state index in [1.807, 2.05) is 22.9 Å². The summed E-state index contributed by atoms with van der Waals surface area (Å²) in [4.78, 5) is 8.85. The van der Waals surface area contributed by atoms with Crippen LogP contribution in [0.4, 0.5) is 11.5 Å². The molecule has 0 amide bonds. The Bertz CT molecular complexity index is 1130. The molecule has 4 aromatic rings. The zero-order chi connectivity index (χ0) is 19.7. The molecule has 7 nitrogen and oxygen atoms in total. The summed E-state index contributed by atoms with van der Waals surface area (Å²) in [6.07, 6.45) is 3.30. The van der Waals surface area contributed by atoms with Crippen molar-refractivity contribution in [3.63, 3.8) is 0 Å². The van der Waals surface area contributed by atoms with Gasteiger partial charge in [-0.25, -0.2) is 14.6 Å². The number of fused-ring (bicyclic) bond motifs is 1. The summed E-state index contributed by atoms with van der Waals surface area (Å²) in [5.74, 6) is 2.04. The summed E-state index contributed by atoms with van der Waals surface area (Å²) in [5, 5.41) is 8.68. The summed E-state index contributed by atoms with van der Waals surface area (Å²) in [7, 11) is 3.24. The zero-order valence-corrected chi connectivity index (χ0v) is 16.2. The molecule has 0 aliphatic rings. The molecule has 0 aliphatic heterocycles. The van der Waals surface area contributed by atoms with Crippen molar-refractivity contribution in [3.8, 4) is 17.2 Å². The smallest absolute Gasteiger partial charge is 0.168 e.